The third-order valence-electron chi connectivity index (χ3n) is 4.49. The topological polar surface area (TPSA) is 75.6 Å². The minimum absolute atomic E-state index is 0. The summed E-state index contributed by atoms with van der Waals surface area (Å²) < 4.78 is 5.12. The highest BCUT2D eigenvalue weighted by Gasteiger charge is 2.27. The third-order valence-corrected chi connectivity index (χ3v) is 5.69. The third kappa shape index (κ3) is 7.38. The Morgan fingerprint density at radius 3 is 2.65 bits per heavy atom. The van der Waals surface area contributed by atoms with Crippen molar-refractivity contribution in [2.45, 2.75) is 58.4 Å². The molecule has 0 aliphatic heterocycles. The lowest BCUT2D eigenvalue weighted by atomic mass is 9.86. The number of aliphatic imine (C=N–C) groups is 1. The monoisotopic (exact) mass is 494 g/mol. The summed E-state index contributed by atoms with van der Waals surface area (Å²) in [7, 11) is 1.79. The molecule has 26 heavy (non-hydrogen) atoms. The van der Waals surface area contributed by atoms with Crippen LogP contribution in [0.15, 0.2) is 11.2 Å². The van der Waals surface area contributed by atoms with Crippen molar-refractivity contribution >= 4 is 47.2 Å². The van der Waals surface area contributed by atoms with E-state index >= 15 is 0 Å². The zero-order valence-corrected chi connectivity index (χ0v) is 19.1. The summed E-state index contributed by atoms with van der Waals surface area (Å²) in [5.74, 6) is 0.843. The molecule has 8 heteroatoms. The van der Waals surface area contributed by atoms with Crippen LogP contribution in [0.3, 0.4) is 0 Å². The molecule has 1 aromatic heterocycles. The first kappa shape index (κ1) is 23.1. The number of hydrogen-bond acceptors (Lipinski definition) is 5. The Morgan fingerprint density at radius 2 is 2.08 bits per heavy atom. The van der Waals surface area contributed by atoms with E-state index < -0.39 is 0 Å². The summed E-state index contributed by atoms with van der Waals surface area (Å²) >= 11 is 1.78. The van der Waals surface area contributed by atoms with Gasteiger partial charge in [-0.1, -0.05) is 6.92 Å². The van der Waals surface area contributed by atoms with E-state index in [4.69, 9.17) is 4.74 Å². The molecule has 1 aliphatic rings. The van der Waals surface area contributed by atoms with Crippen LogP contribution in [0.2, 0.25) is 0 Å². The largest absolute Gasteiger partial charge is 0.466 e. The van der Waals surface area contributed by atoms with Gasteiger partial charge in [0.25, 0.3) is 0 Å². The minimum atomic E-state index is -0.0432. The van der Waals surface area contributed by atoms with E-state index in [1.165, 1.54) is 4.88 Å². The van der Waals surface area contributed by atoms with Crippen molar-refractivity contribution in [3.8, 4) is 0 Å². The average molecular weight is 494 g/mol. The molecule has 2 N–H and O–H groups in total. The molecular weight excluding hydrogens is 463 g/mol. The van der Waals surface area contributed by atoms with E-state index in [0.717, 1.165) is 56.0 Å². The zero-order valence-electron chi connectivity index (χ0n) is 15.9. The highest BCUT2D eigenvalue weighted by atomic mass is 127. The van der Waals surface area contributed by atoms with Gasteiger partial charge in [0.05, 0.1) is 17.5 Å². The van der Waals surface area contributed by atoms with Crippen molar-refractivity contribution in [3.63, 3.8) is 0 Å². The predicted octanol–water partition coefficient (Wildman–Crippen LogP) is 3.15. The van der Waals surface area contributed by atoms with E-state index in [0.29, 0.717) is 12.6 Å². The lowest BCUT2D eigenvalue weighted by molar-refractivity contribution is -0.149. The fraction of sp³-hybridized carbons (Fsp3) is 0.722. The maximum absolute atomic E-state index is 11.8. The van der Waals surface area contributed by atoms with Gasteiger partial charge < -0.3 is 15.4 Å². The minimum Gasteiger partial charge on any atom is -0.466 e. The zero-order chi connectivity index (χ0) is 18.1. The van der Waals surface area contributed by atoms with Gasteiger partial charge in [0.1, 0.15) is 0 Å². The van der Waals surface area contributed by atoms with Crippen LogP contribution >= 0.6 is 35.3 Å². The number of esters is 1. The summed E-state index contributed by atoms with van der Waals surface area (Å²) in [5.41, 5.74) is 0. The van der Waals surface area contributed by atoms with Gasteiger partial charge in [0.15, 0.2) is 5.96 Å². The molecule has 0 unspecified atom stereocenters. The standard InChI is InChI=1S/C18H30N4O2S.HI/c1-4-15-12-21-16(25-15)10-11-20-18(19-3)22-14-8-6-13(7-9-14)17(23)24-5-2;/h12-14H,4-11H2,1-3H3,(H2,19,20,22);1H. The molecule has 6 nitrogen and oxygen atoms in total. The summed E-state index contributed by atoms with van der Waals surface area (Å²) in [6.07, 6.45) is 7.62. The highest BCUT2D eigenvalue weighted by molar-refractivity contribution is 14.0. The number of aryl methyl sites for hydroxylation is 1. The second kappa shape index (κ2) is 12.5. The highest BCUT2D eigenvalue weighted by Crippen LogP contribution is 2.25. The fourth-order valence-corrected chi connectivity index (χ4v) is 3.90. The van der Waals surface area contributed by atoms with Crippen molar-refractivity contribution in [1.82, 2.24) is 15.6 Å². The van der Waals surface area contributed by atoms with Gasteiger partial charge >= 0.3 is 5.97 Å². The molecule has 0 atom stereocenters. The van der Waals surface area contributed by atoms with E-state index in [-0.39, 0.29) is 35.9 Å². The normalized spacial score (nSPS) is 20.2. The van der Waals surface area contributed by atoms with Crippen LogP contribution in [0.4, 0.5) is 0 Å². The van der Waals surface area contributed by atoms with Gasteiger partial charge in [-0.15, -0.1) is 35.3 Å². The average Bonchev–Trinajstić information content (AvgIpc) is 3.09. The number of nitrogens with one attached hydrogen (secondary N) is 2. The van der Waals surface area contributed by atoms with Gasteiger partial charge in [-0.3, -0.25) is 9.79 Å². The van der Waals surface area contributed by atoms with Gasteiger partial charge in [-0.05, 0) is 39.0 Å². The summed E-state index contributed by atoms with van der Waals surface area (Å²) in [4.78, 5) is 21.9. The number of carbonyl (C=O) groups is 1. The maximum atomic E-state index is 11.8. The number of thiazole rings is 1. The Morgan fingerprint density at radius 1 is 1.35 bits per heavy atom. The van der Waals surface area contributed by atoms with Gasteiger partial charge in [-0.2, -0.15) is 0 Å². The number of carbonyl (C=O) groups excluding carboxylic acids is 1. The van der Waals surface area contributed by atoms with Crippen LogP contribution in [-0.4, -0.2) is 43.2 Å². The molecule has 1 aromatic rings. The molecule has 0 radical (unpaired) electrons. The molecule has 1 saturated carbocycles. The summed E-state index contributed by atoms with van der Waals surface area (Å²) in [5, 5.41) is 7.99. The molecule has 2 rings (SSSR count). The van der Waals surface area contributed by atoms with Crippen molar-refractivity contribution in [3.05, 3.63) is 16.1 Å². The Bertz CT molecular complexity index is 571. The Hall–Kier alpha value is -0.900. The van der Waals surface area contributed by atoms with E-state index in [1.54, 1.807) is 18.4 Å². The smallest absolute Gasteiger partial charge is 0.308 e. The van der Waals surface area contributed by atoms with Crippen LogP contribution in [0.5, 0.6) is 0 Å². The molecular formula is C18H31IN4O2S. The van der Waals surface area contributed by atoms with Crippen LogP contribution in [0.1, 0.15) is 49.4 Å². The van der Waals surface area contributed by atoms with Crippen LogP contribution in [0, 0.1) is 5.92 Å². The molecule has 1 heterocycles. The molecule has 1 fully saturated rings. The Labute approximate surface area is 177 Å². The SMILES string of the molecule is CCOC(=O)C1CCC(NC(=NC)NCCc2ncc(CC)s2)CC1.I. The van der Waals surface area contributed by atoms with E-state index in [9.17, 15) is 4.79 Å². The lowest BCUT2D eigenvalue weighted by Crippen LogP contribution is -2.45. The van der Waals surface area contributed by atoms with Crippen LogP contribution < -0.4 is 10.6 Å². The first-order valence-corrected chi connectivity index (χ1v) is 10.0. The molecule has 0 spiro atoms. The molecule has 0 aromatic carbocycles. The number of halogens is 1. The number of nitrogens with zero attached hydrogens (tertiary/aromatic N) is 2. The number of hydrogen-bond donors (Lipinski definition) is 2. The molecule has 0 bridgehead atoms. The summed E-state index contributed by atoms with van der Waals surface area (Å²) in [6, 6.07) is 0.364. The van der Waals surface area contributed by atoms with Gasteiger partial charge in [-0.25, -0.2) is 4.98 Å². The first-order chi connectivity index (χ1) is 12.2. The Balaban J connectivity index is 0.00000338. The van der Waals surface area contributed by atoms with Crippen molar-refractivity contribution < 1.29 is 9.53 Å². The Kier molecular flexibility index (Phi) is 11.1. The molecule has 0 amide bonds. The van der Waals surface area contributed by atoms with E-state index in [1.807, 2.05) is 13.1 Å². The number of aromatic nitrogens is 1. The maximum Gasteiger partial charge on any atom is 0.308 e. The fourth-order valence-electron chi connectivity index (χ4n) is 3.04. The van der Waals surface area contributed by atoms with Crippen LogP contribution in [-0.2, 0) is 22.4 Å². The van der Waals surface area contributed by atoms with E-state index in [2.05, 4.69) is 27.5 Å². The molecule has 148 valence electrons. The van der Waals surface area contributed by atoms with Gasteiger partial charge in [0.2, 0.25) is 0 Å². The quantitative estimate of drug-likeness (QED) is 0.264. The van der Waals surface area contributed by atoms with Crippen molar-refractivity contribution in [1.29, 1.82) is 0 Å². The first-order valence-electron chi connectivity index (χ1n) is 9.23. The summed E-state index contributed by atoms with van der Waals surface area (Å²) in [6.45, 7) is 5.29. The molecule has 1 aliphatic carbocycles. The van der Waals surface area contributed by atoms with Crippen molar-refractivity contribution in [2.75, 3.05) is 20.2 Å². The number of rotatable bonds is 7. The second-order valence-electron chi connectivity index (χ2n) is 6.27. The lowest BCUT2D eigenvalue weighted by Gasteiger charge is -2.29. The van der Waals surface area contributed by atoms with Crippen molar-refractivity contribution in [2.24, 2.45) is 10.9 Å². The predicted molar refractivity (Wildman–Crippen MR) is 117 cm³/mol. The van der Waals surface area contributed by atoms with Gasteiger partial charge in [0, 0.05) is 37.1 Å². The number of guanidine groups is 1. The number of ether oxygens (including phenoxy) is 1. The molecule has 0 saturated heterocycles. The second-order valence-corrected chi connectivity index (χ2v) is 7.47. The van der Waals surface area contributed by atoms with Crippen LogP contribution in [0.25, 0.3) is 0 Å².